The van der Waals surface area contributed by atoms with Crippen LogP contribution in [0, 0.1) is 23.1 Å². The van der Waals surface area contributed by atoms with Gasteiger partial charge >= 0.3 is 0 Å². The number of carbonyl (C=O) groups is 1. The third-order valence-corrected chi connectivity index (χ3v) is 10.5. The van der Waals surface area contributed by atoms with Gasteiger partial charge in [-0.1, -0.05) is 18.7 Å². The first-order valence-electron chi connectivity index (χ1n) is 15.2. The Balaban J connectivity index is 1.25. The quantitative estimate of drug-likeness (QED) is 0.508. The number of nitriles is 1. The lowest BCUT2D eigenvalue weighted by molar-refractivity contribution is -0.136. The number of likely N-dealkylation sites (N-methyl/N-ethyl adjacent to an activating group) is 2. The smallest absolute Gasteiger partial charge is 0.246 e. The number of carbonyl (C=O) groups excluding carboxylic acids is 1. The van der Waals surface area contributed by atoms with E-state index in [-0.39, 0.29) is 41.7 Å². The average Bonchev–Trinajstić information content (AvgIpc) is 3.51. The van der Waals surface area contributed by atoms with E-state index in [2.05, 4.69) is 51.1 Å². The summed E-state index contributed by atoms with van der Waals surface area (Å²) in [5.41, 5.74) is 1.78. The first kappa shape index (κ1) is 28.6. The highest BCUT2D eigenvalue weighted by molar-refractivity contribution is 5.87. The minimum Gasteiger partial charge on any atom is -0.371 e. The van der Waals surface area contributed by atoms with Gasteiger partial charge in [-0.15, -0.1) is 0 Å². The molecule has 1 amide bonds. The Morgan fingerprint density at radius 2 is 2.10 bits per heavy atom. The third-order valence-electron chi connectivity index (χ3n) is 10.5. The number of likely N-dealkylation sites (tertiary alicyclic amines) is 1. The molecule has 4 fully saturated rings. The zero-order chi connectivity index (χ0) is 28.7. The molecule has 1 aromatic rings. The number of anilines is 1. The number of nitrogens with zero attached hydrogens (tertiary/aromatic N) is 5. The molecule has 10 heteroatoms. The Hall–Kier alpha value is -2.55. The Labute approximate surface area is 243 Å². The van der Waals surface area contributed by atoms with Crippen molar-refractivity contribution in [2.24, 2.45) is 5.92 Å². The van der Waals surface area contributed by atoms with Gasteiger partial charge in [0.05, 0.1) is 37.0 Å². The van der Waals surface area contributed by atoms with Crippen molar-refractivity contribution in [2.75, 3.05) is 58.3 Å². The first-order valence-corrected chi connectivity index (χ1v) is 15.2. The standard InChI is InChI=1S/C31H44FN7O2/c1-4-27(40)39-16-15-38(18-21(39)11-13-33)29-23-10-12-31(20-37(3)28-24(31)8-5-9-25(28)32)17-26(23)34-30(35-29)41-19-22-7-6-14-36(22)2/h4-5,8-9,21-23,26,29-30,34-35H,1,6-7,10-12,14-20H2,2-3H3/t21-,22-,23?,26?,29?,30?,31-/m1/s1. The molecule has 4 aliphatic heterocycles. The highest BCUT2D eigenvalue weighted by Gasteiger charge is 2.53. The van der Waals surface area contributed by atoms with Crippen molar-refractivity contribution in [3.8, 4) is 6.07 Å². The van der Waals surface area contributed by atoms with Crippen molar-refractivity contribution in [1.29, 1.82) is 5.26 Å². The van der Waals surface area contributed by atoms with Crippen molar-refractivity contribution >= 4 is 11.6 Å². The molecule has 1 aliphatic carbocycles. The Kier molecular flexibility index (Phi) is 8.09. The van der Waals surface area contributed by atoms with Crippen LogP contribution in [0.5, 0.6) is 0 Å². The summed E-state index contributed by atoms with van der Waals surface area (Å²) in [5.74, 6) is 0.0678. The van der Waals surface area contributed by atoms with Crippen LogP contribution in [0.4, 0.5) is 10.1 Å². The van der Waals surface area contributed by atoms with Gasteiger partial charge in [-0.25, -0.2) is 4.39 Å². The number of piperazine rings is 1. The van der Waals surface area contributed by atoms with Crippen LogP contribution in [-0.4, -0.2) is 105 Å². The number of halogens is 1. The number of hydrogen-bond donors (Lipinski definition) is 2. The summed E-state index contributed by atoms with van der Waals surface area (Å²) in [4.78, 5) is 21.2. The van der Waals surface area contributed by atoms with Gasteiger partial charge in [-0.2, -0.15) is 5.26 Å². The van der Waals surface area contributed by atoms with E-state index < -0.39 is 0 Å². The normalized spacial score (nSPS) is 35.8. The van der Waals surface area contributed by atoms with Gasteiger partial charge in [-0.05, 0) is 63.4 Å². The van der Waals surface area contributed by atoms with E-state index in [0.29, 0.717) is 38.1 Å². The lowest BCUT2D eigenvalue weighted by atomic mass is 9.64. The van der Waals surface area contributed by atoms with Gasteiger partial charge in [-0.3, -0.25) is 20.3 Å². The number of benzene rings is 1. The van der Waals surface area contributed by atoms with Crippen LogP contribution >= 0.6 is 0 Å². The van der Waals surface area contributed by atoms with Crippen LogP contribution < -0.4 is 15.5 Å². The van der Waals surface area contributed by atoms with Gasteiger partial charge in [0.15, 0.2) is 6.35 Å². The highest BCUT2D eigenvalue weighted by Crippen LogP contribution is 2.51. The zero-order valence-corrected chi connectivity index (χ0v) is 24.4. The molecule has 1 spiro atoms. The van der Waals surface area contributed by atoms with Gasteiger partial charge < -0.3 is 19.4 Å². The fraction of sp³-hybridized carbons (Fsp3) is 0.677. The van der Waals surface area contributed by atoms with E-state index in [1.54, 1.807) is 11.0 Å². The van der Waals surface area contributed by atoms with Crippen molar-refractivity contribution in [3.05, 3.63) is 42.2 Å². The Morgan fingerprint density at radius 3 is 2.85 bits per heavy atom. The van der Waals surface area contributed by atoms with Crippen LogP contribution in [0.15, 0.2) is 30.9 Å². The summed E-state index contributed by atoms with van der Waals surface area (Å²) in [6, 6.07) is 8.25. The summed E-state index contributed by atoms with van der Waals surface area (Å²) in [6.07, 6.45) is 6.63. The summed E-state index contributed by atoms with van der Waals surface area (Å²) in [5, 5.41) is 17.2. The molecule has 222 valence electrons. The van der Waals surface area contributed by atoms with E-state index in [1.807, 2.05) is 13.1 Å². The number of nitrogens with one attached hydrogen (secondary N) is 2. The number of hydrogen-bond acceptors (Lipinski definition) is 8. The van der Waals surface area contributed by atoms with Crippen LogP contribution in [0.2, 0.25) is 0 Å². The van der Waals surface area contributed by atoms with Gasteiger partial charge in [0.1, 0.15) is 5.82 Å². The number of ether oxygens (including phenoxy) is 1. The third kappa shape index (κ3) is 5.28. The fourth-order valence-electron chi connectivity index (χ4n) is 8.43. The number of fused-ring (bicyclic) bond motifs is 3. The molecular formula is C31H44FN7O2. The zero-order valence-electron chi connectivity index (χ0n) is 24.4. The van der Waals surface area contributed by atoms with Crippen molar-refractivity contribution in [3.63, 3.8) is 0 Å². The molecule has 0 aromatic heterocycles. The molecular weight excluding hydrogens is 521 g/mol. The average molecular weight is 566 g/mol. The van der Waals surface area contributed by atoms with Crippen molar-refractivity contribution in [1.82, 2.24) is 25.3 Å². The maximum Gasteiger partial charge on any atom is 0.246 e. The lowest BCUT2D eigenvalue weighted by Gasteiger charge is -2.55. The van der Waals surface area contributed by atoms with Crippen LogP contribution in [0.3, 0.4) is 0 Å². The van der Waals surface area contributed by atoms with E-state index in [1.165, 1.54) is 12.5 Å². The van der Waals surface area contributed by atoms with Gasteiger partial charge in [0.25, 0.3) is 0 Å². The van der Waals surface area contributed by atoms with Gasteiger partial charge in [0, 0.05) is 56.6 Å². The lowest BCUT2D eigenvalue weighted by Crippen LogP contribution is -2.72. The molecule has 6 rings (SSSR count). The number of amides is 1. The number of rotatable bonds is 6. The topological polar surface area (TPSA) is 87.1 Å². The molecule has 0 bridgehead atoms. The van der Waals surface area contributed by atoms with Crippen LogP contribution in [0.25, 0.3) is 0 Å². The Bertz CT molecular complexity index is 1190. The van der Waals surface area contributed by atoms with E-state index in [0.717, 1.165) is 56.6 Å². The maximum absolute atomic E-state index is 14.9. The highest BCUT2D eigenvalue weighted by atomic mass is 19.1. The molecule has 1 saturated carbocycles. The van der Waals surface area contributed by atoms with E-state index in [9.17, 15) is 14.4 Å². The molecule has 2 N–H and O–H groups in total. The van der Waals surface area contributed by atoms with E-state index >= 15 is 0 Å². The first-order chi connectivity index (χ1) is 19.8. The second-order valence-electron chi connectivity index (χ2n) is 12.8. The van der Waals surface area contributed by atoms with Crippen molar-refractivity contribution in [2.45, 2.75) is 74.6 Å². The summed E-state index contributed by atoms with van der Waals surface area (Å²) >= 11 is 0. The molecule has 4 heterocycles. The second kappa shape index (κ2) is 11.6. The summed E-state index contributed by atoms with van der Waals surface area (Å²) in [6.45, 7) is 8.17. The van der Waals surface area contributed by atoms with E-state index in [4.69, 9.17) is 4.74 Å². The monoisotopic (exact) mass is 565 g/mol. The molecule has 9 nitrogen and oxygen atoms in total. The maximum atomic E-state index is 14.9. The number of para-hydroxylation sites is 1. The fourth-order valence-corrected chi connectivity index (χ4v) is 8.43. The second-order valence-corrected chi connectivity index (χ2v) is 12.8. The molecule has 0 radical (unpaired) electrons. The summed E-state index contributed by atoms with van der Waals surface area (Å²) < 4.78 is 21.4. The minimum atomic E-state index is -0.307. The van der Waals surface area contributed by atoms with Crippen LogP contribution in [-0.2, 0) is 14.9 Å². The Morgan fingerprint density at radius 1 is 1.24 bits per heavy atom. The predicted octanol–water partition coefficient (Wildman–Crippen LogP) is 2.21. The molecule has 41 heavy (non-hydrogen) atoms. The summed E-state index contributed by atoms with van der Waals surface area (Å²) in [7, 11) is 4.17. The molecule has 5 aliphatic rings. The van der Waals surface area contributed by atoms with Crippen molar-refractivity contribution < 1.29 is 13.9 Å². The molecule has 4 unspecified atom stereocenters. The molecule has 3 saturated heterocycles. The minimum absolute atomic E-state index is 0.0539. The SMILES string of the molecule is C=CC(=O)N1CCN(C2NC(OC[C@H]3CCCN3C)NC3C[C@]4(CCC32)CN(C)c2c(F)cccc24)C[C@H]1CC#N. The van der Waals surface area contributed by atoms with Gasteiger partial charge in [0.2, 0.25) is 5.91 Å². The predicted molar refractivity (Wildman–Crippen MR) is 155 cm³/mol. The molecule has 1 aromatic carbocycles. The van der Waals surface area contributed by atoms with Crippen LogP contribution in [0.1, 0.15) is 44.1 Å². The molecule has 7 atom stereocenters. The largest absolute Gasteiger partial charge is 0.371 e.